The molecule has 3 rings (SSSR count). The van der Waals surface area contributed by atoms with Crippen molar-refractivity contribution < 1.29 is 21.6 Å². The highest BCUT2D eigenvalue weighted by Crippen LogP contribution is 2.44. The van der Waals surface area contributed by atoms with Crippen LogP contribution in [0.5, 0.6) is 0 Å². The molecular formula is C19H23F3N4O2S. The van der Waals surface area contributed by atoms with Gasteiger partial charge in [0.15, 0.2) is 0 Å². The summed E-state index contributed by atoms with van der Waals surface area (Å²) in [5.41, 5.74) is 5.96. The average molecular weight is 428 g/mol. The van der Waals surface area contributed by atoms with Crippen molar-refractivity contribution in [2.75, 3.05) is 22.6 Å². The summed E-state index contributed by atoms with van der Waals surface area (Å²) in [6.45, 7) is 1.60. The summed E-state index contributed by atoms with van der Waals surface area (Å²) >= 11 is 0. The van der Waals surface area contributed by atoms with E-state index in [9.17, 15) is 21.6 Å². The third-order valence-corrected chi connectivity index (χ3v) is 6.77. The van der Waals surface area contributed by atoms with Crippen LogP contribution in [0, 0.1) is 0 Å². The maximum absolute atomic E-state index is 13.4. The fourth-order valence-corrected chi connectivity index (χ4v) is 4.01. The van der Waals surface area contributed by atoms with E-state index in [1.54, 1.807) is 31.2 Å². The van der Waals surface area contributed by atoms with Gasteiger partial charge in [-0.15, -0.1) is 0 Å². The van der Waals surface area contributed by atoms with E-state index in [1.807, 2.05) is 0 Å². The monoisotopic (exact) mass is 428 g/mol. The molecule has 0 aliphatic heterocycles. The Morgan fingerprint density at radius 3 is 2.55 bits per heavy atom. The Bertz CT molecular complexity index is 989. The van der Waals surface area contributed by atoms with Crippen LogP contribution in [0.1, 0.15) is 48.9 Å². The molecule has 1 fully saturated rings. The van der Waals surface area contributed by atoms with Gasteiger partial charge in [-0.1, -0.05) is 25.5 Å². The molecule has 2 aromatic rings. The summed E-state index contributed by atoms with van der Waals surface area (Å²) in [6.07, 6.45) is -2.13. The van der Waals surface area contributed by atoms with Crippen molar-refractivity contribution in [1.29, 1.82) is 0 Å². The van der Waals surface area contributed by atoms with E-state index in [1.165, 1.54) is 0 Å². The maximum atomic E-state index is 13.4. The van der Waals surface area contributed by atoms with Gasteiger partial charge in [-0.05, 0) is 37.0 Å². The van der Waals surface area contributed by atoms with Crippen molar-refractivity contribution in [3.8, 4) is 0 Å². The molecule has 6 nitrogen and oxygen atoms in total. The lowest BCUT2D eigenvalue weighted by atomic mass is 9.81. The molecule has 1 aromatic heterocycles. The molecule has 0 amide bonds. The Kier molecular flexibility index (Phi) is 6.02. The first kappa shape index (κ1) is 21.4. The van der Waals surface area contributed by atoms with Crippen molar-refractivity contribution in [3.05, 3.63) is 41.1 Å². The first-order chi connectivity index (χ1) is 13.6. The lowest BCUT2D eigenvalue weighted by molar-refractivity contribution is -0.138. The van der Waals surface area contributed by atoms with Crippen molar-refractivity contribution in [1.82, 2.24) is 9.97 Å². The number of nitrogen functional groups attached to an aromatic ring is 1. The number of sulfone groups is 1. The van der Waals surface area contributed by atoms with E-state index < -0.39 is 27.4 Å². The highest BCUT2D eigenvalue weighted by atomic mass is 32.2. The highest BCUT2D eigenvalue weighted by molar-refractivity contribution is 7.91. The number of nitrogens with two attached hydrogens (primary N) is 1. The molecule has 0 spiro atoms. The Morgan fingerprint density at radius 1 is 1.24 bits per heavy atom. The standard InChI is InChI=1S/C19H23F3N4O2S/c1-2-29(27,28)10-9-12-5-3-8-14(11-12)24-18-25-16(13-6-4-7-13)15(17(23)26-18)19(20,21)22/h3,5,8,11,13H,2,4,6-7,9-10H2,1H3,(H3,23,24,25,26). The lowest BCUT2D eigenvalue weighted by Crippen LogP contribution is -2.22. The van der Waals surface area contributed by atoms with Crippen molar-refractivity contribution in [2.45, 2.75) is 44.7 Å². The van der Waals surface area contributed by atoms with Crippen LogP contribution in [0.4, 0.5) is 30.6 Å². The number of benzene rings is 1. The quantitative estimate of drug-likeness (QED) is 0.690. The van der Waals surface area contributed by atoms with Crippen LogP contribution in [0.3, 0.4) is 0 Å². The van der Waals surface area contributed by atoms with E-state index in [2.05, 4.69) is 15.3 Å². The Balaban J connectivity index is 1.85. The van der Waals surface area contributed by atoms with Crippen molar-refractivity contribution in [2.24, 2.45) is 0 Å². The molecule has 3 N–H and O–H groups in total. The number of nitrogens with zero attached hydrogens (tertiary/aromatic N) is 2. The molecule has 0 bridgehead atoms. The smallest absolute Gasteiger partial charge is 0.383 e. The molecule has 10 heteroatoms. The fourth-order valence-electron chi connectivity index (χ4n) is 3.17. The molecule has 0 radical (unpaired) electrons. The van der Waals surface area contributed by atoms with Crippen LogP contribution in [0.2, 0.25) is 0 Å². The number of rotatable bonds is 7. The minimum Gasteiger partial charge on any atom is -0.383 e. The van der Waals surface area contributed by atoms with Gasteiger partial charge in [0.2, 0.25) is 5.95 Å². The number of hydrogen-bond donors (Lipinski definition) is 2. The third kappa shape index (κ3) is 5.17. The number of aryl methyl sites for hydroxylation is 1. The van der Waals surface area contributed by atoms with Crippen LogP contribution in [-0.2, 0) is 22.4 Å². The molecule has 29 heavy (non-hydrogen) atoms. The number of aromatic nitrogens is 2. The van der Waals surface area contributed by atoms with Gasteiger partial charge in [-0.3, -0.25) is 0 Å². The van der Waals surface area contributed by atoms with Gasteiger partial charge in [0, 0.05) is 17.4 Å². The van der Waals surface area contributed by atoms with Gasteiger partial charge in [-0.25, -0.2) is 13.4 Å². The second-order valence-corrected chi connectivity index (χ2v) is 9.60. The number of halogens is 3. The van der Waals surface area contributed by atoms with Crippen LogP contribution < -0.4 is 11.1 Å². The molecule has 1 saturated carbocycles. The zero-order chi connectivity index (χ0) is 21.2. The third-order valence-electron chi connectivity index (χ3n) is 5.07. The zero-order valence-corrected chi connectivity index (χ0v) is 16.8. The minimum absolute atomic E-state index is 0.00395. The fraction of sp³-hybridized carbons (Fsp3) is 0.474. The summed E-state index contributed by atoms with van der Waals surface area (Å²) in [4.78, 5) is 7.93. The molecule has 158 valence electrons. The van der Waals surface area contributed by atoms with Gasteiger partial charge in [0.25, 0.3) is 0 Å². The predicted octanol–water partition coefficient (Wildman–Crippen LogP) is 4.07. The number of nitrogens with one attached hydrogen (secondary N) is 1. The van der Waals surface area contributed by atoms with Crippen LogP contribution in [-0.4, -0.2) is 29.9 Å². The minimum atomic E-state index is -4.61. The molecule has 0 unspecified atom stereocenters. The summed E-state index contributed by atoms with van der Waals surface area (Å²) in [6, 6.07) is 6.96. The second kappa shape index (κ2) is 8.17. The van der Waals surface area contributed by atoms with E-state index in [0.29, 0.717) is 24.9 Å². The van der Waals surface area contributed by atoms with E-state index in [4.69, 9.17) is 5.73 Å². The second-order valence-electron chi connectivity index (χ2n) is 7.13. The summed E-state index contributed by atoms with van der Waals surface area (Å²) < 4.78 is 63.7. The highest BCUT2D eigenvalue weighted by Gasteiger charge is 2.41. The molecular weight excluding hydrogens is 405 g/mol. The summed E-state index contributed by atoms with van der Waals surface area (Å²) in [7, 11) is -3.09. The number of hydrogen-bond acceptors (Lipinski definition) is 6. The first-order valence-corrected chi connectivity index (χ1v) is 11.2. The molecule has 1 aromatic carbocycles. The Labute approximate surface area is 167 Å². The normalized spacial score (nSPS) is 15.2. The number of alkyl halides is 3. The molecule has 1 aliphatic rings. The maximum Gasteiger partial charge on any atom is 0.421 e. The largest absolute Gasteiger partial charge is 0.421 e. The van der Waals surface area contributed by atoms with Crippen LogP contribution in [0.25, 0.3) is 0 Å². The van der Waals surface area contributed by atoms with Crippen LogP contribution in [0.15, 0.2) is 24.3 Å². The van der Waals surface area contributed by atoms with Crippen molar-refractivity contribution in [3.63, 3.8) is 0 Å². The topological polar surface area (TPSA) is 98.0 Å². The number of anilines is 3. The first-order valence-electron chi connectivity index (χ1n) is 9.40. The van der Waals surface area contributed by atoms with Crippen molar-refractivity contribution >= 4 is 27.3 Å². The van der Waals surface area contributed by atoms with E-state index in [0.717, 1.165) is 12.0 Å². The van der Waals surface area contributed by atoms with E-state index in [-0.39, 0.29) is 29.1 Å². The summed E-state index contributed by atoms with van der Waals surface area (Å²) in [5.74, 6) is -0.767. The van der Waals surface area contributed by atoms with E-state index >= 15 is 0 Å². The van der Waals surface area contributed by atoms with Gasteiger partial charge >= 0.3 is 6.18 Å². The van der Waals surface area contributed by atoms with Gasteiger partial charge in [-0.2, -0.15) is 18.2 Å². The predicted molar refractivity (Wildman–Crippen MR) is 106 cm³/mol. The van der Waals surface area contributed by atoms with Gasteiger partial charge in [0.05, 0.1) is 11.4 Å². The van der Waals surface area contributed by atoms with Gasteiger partial charge < -0.3 is 11.1 Å². The van der Waals surface area contributed by atoms with Crippen LogP contribution >= 0.6 is 0 Å². The molecule has 1 aliphatic carbocycles. The molecule has 0 saturated heterocycles. The molecule has 1 heterocycles. The summed E-state index contributed by atoms with van der Waals surface area (Å²) in [5, 5.41) is 2.90. The average Bonchev–Trinajstić information content (AvgIpc) is 2.57. The SMILES string of the molecule is CCS(=O)(=O)CCc1cccc(Nc2nc(N)c(C(F)(F)F)c(C3CCC3)n2)c1. The van der Waals surface area contributed by atoms with Gasteiger partial charge in [0.1, 0.15) is 21.2 Å². The molecule has 0 atom stereocenters. The Morgan fingerprint density at radius 2 is 1.97 bits per heavy atom. The lowest BCUT2D eigenvalue weighted by Gasteiger charge is -2.28. The Hall–Kier alpha value is -2.36. The zero-order valence-electron chi connectivity index (χ0n) is 16.0.